The van der Waals surface area contributed by atoms with Gasteiger partial charge in [-0.2, -0.15) is 9.97 Å². The number of aliphatic hydroxyl groups excluding tert-OH is 1. The Morgan fingerprint density at radius 1 is 0.837 bits per heavy atom. The van der Waals surface area contributed by atoms with Crippen LogP contribution in [-0.4, -0.2) is 114 Å². The van der Waals surface area contributed by atoms with E-state index >= 15 is 0 Å². The first kappa shape index (κ1) is 34.2. The van der Waals surface area contributed by atoms with E-state index < -0.39 is 97.7 Å². The first-order chi connectivity index (χ1) is 23.1. The highest BCUT2D eigenvalue weighted by molar-refractivity contribution is 7.47. The Bertz CT molecular complexity index is 2120. The molecule has 4 aromatic rings. The quantitative estimate of drug-likeness (QED) is 0.0949. The van der Waals surface area contributed by atoms with Gasteiger partial charge in [0.1, 0.15) is 36.6 Å². The molecule has 3 saturated heterocycles. The number of anilines is 2. The Morgan fingerprint density at radius 3 is 1.84 bits per heavy atom. The minimum atomic E-state index is -5.22. The minimum absolute atomic E-state index is 0.144. The molecule has 0 radical (unpaired) electrons. The van der Waals surface area contributed by atoms with Crippen molar-refractivity contribution in [1.82, 2.24) is 39.0 Å². The summed E-state index contributed by atoms with van der Waals surface area (Å²) < 4.78 is 66.4. The number of phosphoric ester groups is 2. The molecule has 0 saturated carbocycles. The van der Waals surface area contributed by atoms with Crippen LogP contribution in [0.1, 0.15) is 12.5 Å². The van der Waals surface area contributed by atoms with Gasteiger partial charge in [-0.1, -0.05) is 0 Å². The Morgan fingerprint density at radius 2 is 1.31 bits per heavy atom. The second-order valence-electron chi connectivity index (χ2n) is 10.7. The molecule has 26 nitrogen and oxygen atoms in total. The van der Waals surface area contributed by atoms with Crippen molar-refractivity contribution in [3.8, 4) is 0 Å². The second kappa shape index (κ2) is 12.5. The maximum absolute atomic E-state index is 13.3. The average molecular weight is 754 g/mol. The smallest absolute Gasteiger partial charge is 0.386 e. The van der Waals surface area contributed by atoms with Gasteiger partial charge in [0, 0.05) is 0 Å². The number of phosphoric acid groups is 2. The number of hydrogen-bond donors (Lipinski definition) is 9. The predicted molar refractivity (Wildman–Crippen MR) is 156 cm³/mol. The van der Waals surface area contributed by atoms with Crippen molar-refractivity contribution in [3.05, 3.63) is 33.4 Å². The number of ether oxygens (including phenoxy) is 2. The van der Waals surface area contributed by atoms with E-state index in [0.29, 0.717) is 0 Å². The number of aromatic nitrogens is 8. The molecule has 3 aliphatic rings. The molecule has 266 valence electrons. The molecule has 3 fully saturated rings. The van der Waals surface area contributed by atoms with Crippen LogP contribution in [0.5, 0.6) is 0 Å². The zero-order chi connectivity index (χ0) is 35.0. The van der Waals surface area contributed by atoms with Crippen LogP contribution in [0, 0.1) is 0 Å². The first-order valence-electron chi connectivity index (χ1n) is 13.7. The zero-order valence-electron chi connectivity index (χ0n) is 24.1. The monoisotopic (exact) mass is 754 g/mol. The molecule has 4 unspecified atom stereocenters. The largest absolute Gasteiger partial charge is 0.472 e. The molecule has 0 aromatic carbocycles. The van der Waals surface area contributed by atoms with Crippen LogP contribution in [0.15, 0.2) is 22.2 Å². The van der Waals surface area contributed by atoms with Crippen molar-refractivity contribution in [2.75, 3.05) is 24.7 Å². The standard InChI is InChI=1S/C20H25N10O16P3/c21-19-25-13-7(15(32)27-19)23-3-29(13)17-9(31)10-5(42-17)1-40-49(38,39)46-11-6(2-41-48(36,37)45-10)43-18(12(11)44-47(34)35)30-4-24-8-14(30)26-20(22)28-16(8)33/h3-6,9-12,17-18,31,34-35H,1-2H2,(H,36,37)(H,38,39)(H3,21,25,27,32)(H3,22,26,28,33)/t5-,6-,9-,10?,11?,12-,17+,18+/m0/s1. The molecule has 11 N–H and O–H groups in total. The summed E-state index contributed by atoms with van der Waals surface area (Å²) in [6, 6.07) is 0. The number of fused-ring (bicyclic) bond motifs is 4. The van der Waals surface area contributed by atoms with Gasteiger partial charge in [0.15, 0.2) is 34.8 Å². The van der Waals surface area contributed by atoms with Gasteiger partial charge in [-0.05, 0) is 0 Å². The van der Waals surface area contributed by atoms with Crippen LogP contribution in [0.3, 0.4) is 0 Å². The van der Waals surface area contributed by atoms with E-state index in [2.05, 4.69) is 29.9 Å². The first-order valence-corrected chi connectivity index (χ1v) is 17.9. The number of H-pyrrole nitrogens is 2. The highest BCUT2D eigenvalue weighted by Crippen LogP contribution is 2.54. The number of aliphatic hydroxyl groups is 1. The molecule has 10 atom stereocenters. The number of nitrogen functional groups attached to an aromatic ring is 2. The highest BCUT2D eigenvalue weighted by atomic mass is 31.2. The molecule has 0 bridgehead atoms. The summed E-state index contributed by atoms with van der Waals surface area (Å²) in [5.74, 6) is -0.626. The number of rotatable bonds is 4. The third-order valence-corrected chi connectivity index (χ3v) is 9.98. The Kier molecular flexibility index (Phi) is 8.71. The van der Waals surface area contributed by atoms with E-state index in [4.69, 9.17) is 43.6 Å². The molecule has 3 aliphatic heterocycles. The molecule has 4 aromatic heterocycles. The summed E-state index contributed by atoms with van der Waals surface area (Å²) in [5, 5.41) is 11.2. The van der Waals surface area contributed by atoms with Crippen molar-refractivity contribution in [2.24, 2.45) is 0 Å². The Balaban J connectivity index is 1.21. The van der Waals surface area contributed by atoms with Gasteiger partial charge in [-0.15, -0.1) is 0 Å². The fourth-order valence-electron chi connectivity index (χ4n) is 5.59. The molecule has 0 amide bonds. The lowest BCUT2D eigenvalue weighted by atomic mass is 10.1. The van der Waals surface area contributed by atoms with Gasteiger partial charge in [0.05, 0.1) is 25.9 Å². The fourth-order valence-corrected chi connectivity index (χ4v) is 7.96. The molecule has 7 rings (SSSR count). The van der Waals surface area contributed by atoms with E-state index in [9.17, 15) is 43.4 Å². The fraction of sp³-hybridized carbons (Fsp3) is 0.500. The van der Waals surface area contributed by atoms with Crippen molar-refractivity contribution < 1.29 is 65.9 Å². The van der Waals surface area contributed by atoms with Crippen molar-refractivity contribution in [1.29, 1.82) is 0 Å². The second-order valence-corrected chi connectivity index (χ2v) is 14.2. The molecule has 49 heavy (non-hydrogen) atoms. The van der Waals surface area contributed by atoms with Crippen LogP contribution < -0.4 is 22.6 Å². The van der Waals surface area contributed by atoms with E-state index in [1.807, 2.05) is 0 Å². The molecular weight excluding hydrogens is 729 g/mol. The lowest BCUT2D eigenvalue weighted by Gasteiger charge is -2.28. The van der Waals surface area contributed by atoms with Gasteiger partial charge in [-0.25, -0.2) is 19.1 Å². The normalized spacial score (nSPS) is 35.7. The van der Waals surface area contributed by atoms with Gasteiger partial charge < -0.3 is 50.1 Å². The topological polar surface area (TPSA) is 379 Å². The average Bonchev–Trinajstić information content (AvgIpc) is 3.76. The molecule has 0 spiro atoms. The Labute approximate surface area is 270 Å². The minimum Gasteiger partial charge on any atom is -0.386 e. The molecule has 29 heteroatoms. The summed E-state index contributed by atoms with van der Waals surface area (Å²) in [6.45, 7) is -1.87. The van der Waals surface area contributed by atoms with Gasteiger partial charge in [0.2, 0.25) is 11.9 Å². The van der Waals surface area contributed by atoms with E-state index in [-0.39, 0.29) is 34.2 Å². The maximum Gasteiger partial charge on any atom is 0.472 e. The summed E-state index contributed by atoms with van der Waals surface area (Å²) in [5.41, 5.74) is 9.10. The summed E-state index contributed by atoms with van der Waals surface area (Å²) in [6.07, 6.45) is -11.3. The van der Waals surface area contributed by atoms with E-state index in [1.165, 1.54) is 0 Å². The number of imidazole rings is 2. The number of hydrogen-bond acceptors (Lipinski definition) is 20. The van der Waals surface area contributed by atoms with Crippen molar-refractivity contribution >= 4 is 58.5 Å². The SMILES string of the molecule is Nc1nc2c(ncn2[C@@H]2O[C@H]3COP(=O)(O)OC4[C@H](COP(=O)(O)OC3[C@@H]2O)O[C@@H](n2cnc3c(=O)[nH]c(N)nc32)[C@H]4OP(O)O)c(=O)[nH]1. The third-order valence-electron chi connectivity index (χ3n) is 7.57. The maximum atomic E-state index is 13.3. The van der Waals surface area contributed by atoms with Crippen LogP contribution in [0.4, 0.5) is 11.9 Å². The molecule has 0 aliphatic carbocycles. The number of nitrogens with one attached hydrogen (secondary N) is 2. The predicted octanol–water partition coefficient (Wildman–Crippen LogP) is -2.81. The van der Waals surface area contributed by atoms with E-state index in [1.54, 1.807) is 0 Å². The zero-order valence-corrected chi connectivity index (χ0v) is 26.8. The van der Waals surface area contributed by atoms with Crippen molar-refractivity contribution in [3.63, 3.8) is 0 Å². The van der Waals surface area contributed by atoms with Gasteiger partial charge >= 0.3 is 24.2 Å². The summed E-state index contributed by atoms with van der Waals surface area (Å²) >= 11 is 0. The molecular formula is C20H25N10O16P3. The number of nitrogens with two attached hydrogens (primary N) is 2. The third kappa shape index (κ3) is 6.42. The highest BCUT2D eigenvalue weighted by Gasteiger charge is 2.55. The number of nitrogens with zero attached hydrogens (tertiary/aromatic N) is 6. The lowest BCUT2D eigenvalue weighted by molar-refractivity contribution is -0.0663. The van der Waals surface area contributed by atoms with E-state index in [0.717, 1.165) is 21.8 Å². The number of aromatic amines is 2. The van der Waals surface area contributed by atoms with Gasteiger partial charge in [-0.3, -0.25) is 46.8 Å². The van der Waals surface area contributed by atoms with Crippen molar-refractivity contribution in [2.45, 2.75) is 49.1 Å². The molecule has 7 heterocycles. The van der Waals surface area contributed by atoms with Crippen LogP contribution in [0.2, 0.25) is 0 Å². The van der Waals surface area contributed by atoms with Gasteiger partial charge in [0.25, 0.3) is 11.1 Å². The summed E-state index contributed by atoms with van der Waals surface area (Å²) in [7, 11) is -13.6. The summed E-state index contributed by atoms with van der Waals surface area (Å²) in [4.78, 5) is 85.9. The van der Waals surface area contributed by atoms with Crippen LogP contribution in [-0.2, 0) is 41.2 Å². The van der Waals surface area contributed by atoms with Crippen LogP contribution >= 0.6 is 24.2 Å². The van der Waals surface area contributed by atoms with Crippen LogP contribution in [0.25, 0.3) is 22.3 Å². The Hall–Kier alpha value is -3.29. The lowest BCUT2D eigenvalue weighted by Crippen LogP contribution is -2.39.